The van der Waals surface area contributed by atoms with Crippen LogP contribution < -0.4 is 4.74 Å². The molecule has 2 N–H and O–H groups in total. The van der Waals surface area contributed by atoms with Gasteiger partial charge in [0.25, 0.3) is 0 Å². The molecule has 0 amide bonds. The summed E-state index contributed by atoms with van der Waals surface area (Å²) in [6, 6.07) is 15.1. The van der Waals surface area contributed by atoms with Crippen molar-refractivity contribution in [2.75, 3.05) is 12.4 Å². The number of benzene rings is 3. The number of thioether (sulfide) groups is 1. The maximum atomic E-state index is 12.9. The number of alkyl halides is 3. The summed E-state index contributed by atoms with van der Waals surface area (Å²) in [4.78, 5) is 8.87. The second-order valence-corrected chi connectivity index (χ2v) is 9.72. The van der Waals surface area contributed by atoms with Crippen molar-refractivity contribution in [2.24, 2.45) is 0 Å². The van der Waals surface area contributed by atoms with Gasteiger partial charge in [0.15, 0.2) is 0 Å². The average molecular weight is 541 g/mol. The van der Waals surface area contributed by atoms with Crippen LogP contribution in [0.5, 0.6) is 5.75 Å². The van der Waals surface area contributed by atoms with E-state index in [9.17, 15) is 18.3 Å². The third-order valence-corrected chi connectivity index (χ3v) is 7.22. The molecule has 4 aromatic rings. The lowest BCUT2D eigenvalue weighted by Gasteiger charge is -2.15. The van der Waals surface area contributed by atoms with Gasteiger partial charge in [0, 0.05) is 16.0 Å². The molecule has 1 unspecified atom stereocenters. The van der Waals surface area contributed by atoms with Gasteiger partial charge in [-0.2, -0.15) is 0 Å². The number of rotatable bonds is 8. The van der Waals surface area contributed by atoms with Crippen LogP contribution in [0.15, 0.2) is 59.5 Å². The summed E-state index contributed by atoms with van der Waals surface area (Å²) >= 11 is 14.9. The zero-order valence-electron chi connectivity index (χ0n) is 18.5. The van der Waals surface area contributed by atoms with E-state index in [0.717, 1.165) is 22.6 Å². The molecule has 0 spiro atoms. The molecule has 1 atom stereocenters. The number of aromatic nitrogens is 2. The molecule has 4 rings (SSSR count). The summed E-state index contributed by atoms with van der Waals surface area (Å²) in [6.07, 6.45) is -3.81. The fraction of sp³-hybridized carbons (Fsp3) is 0.240. The number of nitrogens with one attached hydrogen (secondary N) is 1. The van der Waals surface area contributed by atoms with E-state index in [-0.39, 0.29) is 27.8 Å². The molecule has 1 heterocycles. The average Bonchev–Trinajstić information content (AvgIpc) is 3.23. The molecule has 0 saturated heterocycles. The van der Waals surface area contributed by atoms with Gasteiger partial charge in [-0.3, -0.25) is 0 Å². The van der Waals surface area contributed by atoms with Gasteiger partial charge in [-0.25, -0.2) is 4.98 Å². The second kappa shape index (κ2) is 10.7. The van der Waals surface area contributed by atoms with Gasteiger partial charge in [-0.1, -0.05) is 60.5 Å². The normalized spacial score (nSPS) is 12.8. The van der Waals surface area contributed by atoms with Crippen LogP contribution in [-0.4, -0.2) is 33.8 Å². The molecule has 0 aliphatic rings. The smallest absolute Gasteiger partial charge is 0.405 e. The zero-order chi connectivity index (χ0) is 25.2. The lowest BCUT2D eigenvalue weighted by molar-refractivity contribution is -0.274. The van der Waals surface area contributed by atoms with E-state index in [2.05, 4.69) is 21.6 Å². The van der Waals surface area contributed by atoms with Gasteiger partial charge < -0.3 is 14.8 Å². The van der Waals surface area contributed by atoms with Crippen LogP contribution in [-0.2, 0) is 0 Å². The quantitative estimate of drug-likeness (QED) is 0.222. The molecule has 3 aromatic carbocycles. The highest BCUT2D eigenvalue weighted by atomic mass is 35.5. The topological polar surface area (TPSA) is 58.1 Å². The van der Waals surface area contributed by atoms with Gasteiger partial charge in [-0.05, 0) is 42.0 Å². The van der Waals surface area contributed by atoms with Crippen molar-refractivity contribution >= 4 is 46.0 Å². The van der Waals surface area contributed by atoms with Gasteiger partial charge in [0.1, 0.15) is 17.1 Å². The Hall–Kier alpha value is -2.39. The number of halogens is 5. The third-order valence-electron chi connectivity index (χ3n) is 5.34. The van der Waals surface area contributed by atoms with Crippen LogP contribution in [0.3, 0.4) is 0 Å². The maximum absolute atomic E-state index is 12.9. The first-order valence-corrected chi connectivity index (χ1v) is 12.5. The Kier molecular flexibility index (Phi) is 7.86. The molecule has 0 aliphatic carbocycles. The number of hydrogen-bond acceptors (Lipinski definition) is 4. The number of aromatic amines is 1. The van der Waals surface area contributed by atoms with Crippen LogP contribution in [0, 0.1) is 0 Å². The highest BCUT2D eigenvalue weighted by molar-refractivity contribution is 7.99. The van der Waals surface area contributed by atoms with E-state index in [1.807, 2.05) is 24.3 Å². The van der Waals surface area contributed by atoms with Crippen molar-refractivity contribution in [1.29, 1.82) is 0 Å². The molecule has 4 nitrogen and oxygen atoms in total. The van der Waals surface area contributed by atoms with Gasteiger partial charge in [0.05, 0.1) is 28.1 Å². The second-order valence-electron chi connectivity index (χ2n) is 7.76. The Morgan fingerprint density at radius 1 is 1.11 bits per heavy atom. The summed E-state index contributed by atoms with van der Waals surface area (Å²) in [5.74, 6) is 0.608. The fourth-order valence-electron chi connectivity index (χ4n) is 3.76. The minimum absolute atomic E-state index is 0.0798. The Bertz CT molecular complexity index is 1330. The lowest BCUT2D eigenvalue weighted by Crippen LogP contribution is -2.17. The van der Waals surface area contributed by atoms with E-state index >= 15 is 0 Å². The minimum atomic E-state index is -4.88. The lowest BCUT2D eigenvalue weighted by atomic mass is 9.99. The van der Waals surface area contributed by atoms with Crippen LogP contribution >= 0.6 is 35.0 Å². The first-order valence-electron chi connectivity index (χ1n) is 10.8. The van der Waals surface area contributed by atoms with Crippen molar-refractivity contribution < 1.29 is 23.0 Å². The van der Waals surface area contributed by atoms with Crippen molar-refractivity contribution in [1.82, 2.24) is 9.97 Å². The molecule has 0 fully saturated rings. The summed E-state index contributed by atoms with van der Waals surface area (Å²) in [7, 11) is 0. The number of aliphatic hydroxyl groups excluding tert-OH is 1. The minimum Gasteiger partial charge on any atom is -0.405 e. The van der Waals surface area contributed by atoms with Crippen LogP contribution in [0.1, 0.15) is 30.7 Å². The number of nitrogens with zero attached hydrogens (tertiary/aromatic N) is 1. The molecular formula is C25H21Cl2F3N2O2S. The van der Waals surface area contributed by atoms with Crippen LogP contribution in [0.2, 0.25) is 10.0 Å². The summed E-state index contributed by atoms with van der Waals surface area (Å²) < 4.78 is 43.0. The van der Waals surface area contributed by atoms with Crippen LogP contribution in [0.4, 0.5) is 13.2 Å². The Balaban J connectivity index is 1.75. The number of fused-ring (bicyclic) bond motifs is 1. The Labute approximate surface area is 214 Å². The van der Waals surface area contributed by atoms with Crippen LogP contribution in [0.25, 0.3) is 22.2 Å². The largest absolute Gasteiger partial charge is 0.573 e. The van der Waals surface area contributed by atoms with Crippen molar-refractivity contribution in [3.8, 4) is 16.9 Å². The van der Waals surface area contributed by atoms with E-state index in [1.54, 1.807) is 23.9 Å². The number of H-pyrrole nitrogens is 1. The van der Waals surface area contributed by atoms with Gasteiger partial charge in [-0.15, -0.1) is 24.9 Å². The highest BCUT2D eigenvalue weighted by Crippen LogP contribution is 2.44. The molecule has 0 radical (unpaired) electrons. The van der Waals surface area contributed by atoms with E-state index in [4.69, 9.17) is 23.2 Å². The standard InChI is InChI=1S/C25H21Cl2F3N2O2S/c1-2-11-35-15-9-7-14(8-10-15)17(13-33)24-31-19-12-18(26)21(22(27)23(19)32-24)16-5-3-4-6-20(16)34-25(28,29)30/h3-10,12,17,33H,2,11,13H2,1H3,(H,31,32). The molecule has 35 heavy (non-hydrogen) atoms. The Morgan fingerprint density at radius 3 is 2.49 bits per heavy atom. The number of aliphatic hydroxyl groups is 1. The molecule has 10 heteroatoms. The first kappa shape index (κ1) is 25.7. The highest BCUT2D eigenvalue weighted by Gasteiger charge is 2.33. The first-order chi connectivity index (χ1) is 16.7. The van der Waals surface area contributed by atoms with Gasteiger partial charge in [0.2, 0.25) is 0 Å². The third kappa shape index (κ3) is 5.72. The van der Waals surface area contributed by atoms with Crippen molar-refractivity contribution in [3.63, 3.8) is 0 Å². The van der Waals surface area contributed by atoms with E-state index in [0.29, 0.717) is 16.9 Å². The Morgan fingerprint density at radius 2 is 1.83 bits per heavy atom. The zero-order valence-corrected chi connectivity index (χ0v) is 20.8. The number of para-hydroxylation sites is 1. The van der Waals surface area contributed by atoms with Crippen molar-refractivity contribution in [2.45, 2.75) is 30.5 Å². The molecular weight excluding hydrogens is 520 g/mol. The predicted octanol–water partition coefficient (Wildman–Crippen LogP) is 8.06. The number of imidazole rings is 1. The van der Waals surface area contributed by atoms with Crippen molar-refractivity contribution in [3.05, 3.63) is 76.0 Å². The summed E-state index contributed by atoms with van der Waals surface area (Å²) in [5.41, 5.74) is 1.96. The van der Waals surface area contributed by atoms with E-state index < -0.39 is 18.0 Å². The predicted molar refractivity (Wildman–Crippen MR) is 135 cm³/mol. The summed E-state index contributed by atoms with van der Waals surface area (Å²) in [6.45, 7) is 1.91. The van der Waals surface area contributed by atoms with Gasteiger partial charge >= 0.3 is 6.36 Å². The number of ether oxygens (including phenoxy) is 1. The molecule has 0 saturated carbocycles. The molecule has 1 aromatic heterocycles. The molecule has 0 aliphatic heterocycles. The molecule has 184 valence electrons. The maximum Gasteiger partial charge on any atom is 0.573 e. The SMILES string of the molecule is CCCSc1ccc(C(CO)c2nc3c(Cl)c(-c4ccccc4OC(F)(F)F)c(Cl)cc3[nH]2)cc1. The number of hydrogen-bond donors (Lipinski definition) is 2. The molecule has 0 bridgehead atoms. The summed E-state index contributed by atoms with van der Waals surface area (Å²) in [5, 5.41) is 10.3. The fourth-order valence-corrected chi connectivity index (χ4v) is 5.23. The monoisotopic (exact) mass is 540 g/mol. The van der Waals surface area contributed by atoms with E-state index in [1.165, 1.54) is 18.2 Å².